The first-order valence-corrected chi connectivity index (χ1v) is 10.5. The molecule has 10 heteroatoms. The second-order valence-electron chi connectivity index (χ2n) is 9.82. The normalized spacial score (nSPS) is 54.0. The Morgan fingerprint density at radius 1 is 1.25 bits per heavy atom. The summed E-state index contributed by atoms with van der Waals surface area (Å²) in [6, 6.07) is 0. The minimum atomic E-state index is -2.57. The molecule has 1 saturated heterocycles. The third-order valence-electron chi connectivity index (χ3n) is 8.25. The highest BCUT2D eigenvalue weighted by atomic mass is 16.6. The summed E-state index contributed by atoms with van der Waals surface area (Å²) in [5, 5.41) is 67.9. The van der Waals surface area contributed by atoms with Gasteiger partial charge >= 0.3 is 5.97 Å². The van der Waals surface area contributed by atoms with Crippen LogP contribution in [0.25, 0.3) is 0 Å². The molecule has 2 saturated carbocycles. The molecule has 178 valence electrons. The van der Waals surface area contributed by atoms with Gasteiger partial charge in [0.25, 0.3) is 0 Å². The van der Waals surface area contributed by atoms with Crippen molar-refractivity contribution < 1.29 is 49.7 Å². The molecule has 0 unspecified atom stereocenters. The zero-order valence-electron chi connectivity index (χ0n) is 18.3. The molecule has 1 heterocycles. The lowest BCUT2D eigenvalue weighted by atomic mass is 9.53. The second kappa shape index (κ2) is 6.69. The monoisotopic (exact) mass is 454 g/mol. The average Bonchev–Trinajstić information content (AvgIpc) is 3.41. The van der Waals surface area contributed by atoms with Gasteiger partial charge in [0.2, 0.25) is 0 Å². The van der Waals surface area contributed by atoms with E-state index in [0.29, 0.717) is 0 Å². The number of rotatable bonds is 3. The summed E-state index contributed by atoms with van der Waals surface area (Å²) in [6.07, 6.45) is -5.18. The van der Waals surface area contributed by atoms with E-state index in [9.17, 15) is 40.2 Å². The molecule has 3 fully saturated rings. The first-order chi connectivity index (χ1) is 14.7. The number of fused-ring (bicyclic) bond motifs is 5. The van der Waals surface area contributed by atoms with E-state index in [1.165, 1.54) is 26.8 Å². The van der Waals surface area contributed by atoms with Gasteiger partial charge in [0.05, 0.1) is 18.3 Å². The highest BCUT2D eigenvalue weighted by Crippen LogP contribution is 2.65. The lowest BCUT2D eigenvalue weighted by Crippen LogP contribution is -2.76. The Morgan fingerprint density at radius 3 is 2.34 bits per heavy atom. The van der Waals surface area contributed by atoms with Crippen LogP contribution in [0.4, 0.5) is 0 Å². The van der Waals surface area contributed by atoms with E-state index in [2.05, 4.69) is 6.58 Å². The van der Waals surface area contributed by atoms with Crippen LogP contribution in [0.5, 0.6) is 0 Å². The zero-order valence-corrected chi connectivity index (χ0v) is 18.3. The van der Waals surface area contributed by atoms with Crippen molar-refractivity contribution in [3.05, 3.63) is 23.8 Å². The van der Waals surface area contributed by atoms with E-state index >= 15 is 0 Å². The molecule has 0 aromatic rings. The van der Waals surface area contributed by atoms with Gasteiger partial charge < -0.3 is 40.1 Å². The van der Waals surface area contributed by atoms with Crippen molar-refractivity contribution in [2.24, 2.45) is 17.8 Å². The van der Waals surface area contributed by atoms with Gasteiger partial charge in [-0.05, 0) is 25.0 Å². The van der Waals surface area contributed by atoms with Crippen LogP contribution in [0, 0.1) is 17.8 Å². The van der Waals surface area contributed by atoms with Crippen molar-refractivity contribution in [1.29, 1.82) is 0 Å². The fourth-order valence-corrected chi connectivity index (χ4v) is 6.46. The van der Waals surface area contributed by atoms with E-state index in [1.54, 1.807) is 0 Å². The van der Waals surface area contributed by atoms with Gasteiger partial charge in [-0.15, -0.1) is 0 Å². The van der Waals surface area contributed by atoms with Crippen LogP contribution in [0.1, 0.15) is 27.7 Å². The van der Waals surface area contributed by atoms with Gasteiger partial charge in [-0.25, -0.2) is 0 Å². The topological polar surface area (TPSA) is 177 Å². The number of carbonyl (C=O) groups is 2. The zero-order chi connectivity index (χ0) is 24.2. The third kappa shape index (κ3) is 2.38. The molecule has 10 nitrogen and oxygen atoms in total. The maximum Gasteiger partial charge on any atom is 0.303 e. The largest absolute Gasteiger partial charge is 0.459 e. The highest BCUT2D eigenvalue weighted by molar-refractivity contribution is 6.05. The Hall–Kier alpha value is -1.66. The Kier molecular flexibility index (Phi) is 4.91. The molecule has 0 bridgehead atoms. The van der Waals surface area contributed by atoms with Crippen LogP contribution in [0.3, 0.4) is 0 Å². The summed E-state index contributed by atoms with van der Waals surface area (Å²) in [5.41, 5.74) is -8.71. The van der Waals surface area contributed by atoms with Gasteiger partial charge in [-0.1, -0.05) is 19.6 Å². The van der Waals surface area contributed by atoms with Crippen LogP contribution in [0.15, 0.2) is 23.8 Å². The molecular formula is C22H30O10. The second-order valence-corrected chi connectivity index (χ2v) is 9.82. The number of aliphatic hydroxyl groups is 6. The van der Waals surface area contributed by atoms with Gasteiger partial charge in [0.15, 0.2) is 11.4 Å². The van der Waals surface area contributed by atoms with E-state index in [4.69, 9.17) is 9.47 Å². The van der Waals surface area contributed by atoms with Crippen molar-refractivity contribution in [3.63, 3.8) is 0 Å². The number of aliphatic hydroxyl groups excluding tert-OH is 3. The standard InChI is InChI=1S/C22H30O10/c1-8(2)20(28)15(26)13-17-19(7-23,32-17)18(27)22(30)12(6-9(3)14(22)25)21(13,29)10(4)16(20)31-11(5)24/h6,10,12-13,15-18,23,26-30H,1,7H2,2-5H3/t10-,12+,13-,15-,16-,17+,18-,19+,20-,21+,22-/m1/s1. The molecule has 0 aromatic heterocycles. The fraction of sp³-hybridized carbons (Fsp3) is 0.727. The minimum Gasteiger partial charge on any atom is -0.459 e. The first-order valence-electron chi connectivity index (χ1n) is 10.5. The summed E-state index contributed by atoms with van der Waals surface area (Å²) in [6.45, 7) is 8.31. The maximum absolute atomic E-state index is 13.0. The SMILES string of the molecule is C=C(C)[C@@]1(O)[C@H](O)[C@@H]2[C@@H]3O[C@]3(CO)[C@@H](O)[C@]3(O)C(=O)C(C)=C[C@H]3[C@@]2(O)[C@H](C)[C@H]1OC(C)=O. The van der Waals surface area contributed by atoms with Crippen LogP contribution in [-0.2, 0) is 19.1 Å². The first kappa shape index (κ1) is 23.5. The van der Waals surface area contributed by atoms with Gasteiger partial charge in [-0.3, -0.25) is 9.59 Å². The smallest absolute Gasteiger partial charge is 0.303 e. The summed E-state index contributed by atoms with van der Waals surface area (Å²) in [4.78, 5) is 24.9. The average molecular weight is 454 g/mol. The van der Waals surface area contributed by atoms with Crippen molar-refractivity contribution in [2.75, 3.05) is 6.61 Å². The number of hydrogen-bond acceptors (Lipinski definition) is 10. The molecule has 32 heavy (non-hydrogen) atoms. The molecule has 6 N–H and O–H groups in total. The number of esters is 1. The van der Waals surface area contributed by atoms with E-state index in [-0.39, 0.29) is 11.1 Å². The number of Topliss-reactive ketones (excluding diaryl/α,β-unsaturated/α-hetero) is 1. The number of ether oxygens (including phenoxy) is 2. The molecule has 0 aromatic carbocycles. The van der Waals surface area contributed by atoms with Gasteiger partial charge in [-0.2, -0.15) is 0 Å². The lowest BCUT2D eigenvalue weighted by Gasteiger charge is -2.59. The Bertz CT molecular complexity index is 930. The molecule has 11 atom stereocenters. The molecule has 4 rings (SSSR count). The Morgan fingerprint density at radius 2 is 1.84 bits per heavy atom. The molecule has 1 aliphatic heterocycles. The molecule has 4 aliphatic rings. The number of carbonyl (C=O) groups excluding carboxylic acids is 2. The van der Waals surface area contributed by atoms with E-state index < -0.39 is 82.9 Å². The number of hydrogen-bond donors (Lipinski definition) is 6. The summed E-state index contributed by atoms with van der Waals surface area (Å²) < 4.78 is 11.0. The van der Waals surface area contributed by atoms with Crippen molar-refractivity contribution in [1.82, 2.24) is 0 Å². The highest BCUT2D eigenvalue weighted by Gasteiger charge is 2.84. The summed E-state index contributed by atoms with van der Waals surface area (Å²) >= 11 is 0. The van der Waals surface area contributed by atoms with Crippen LogP contribution < -0.4 is 0 Å². The lowest BCUT2D eigenvalue weighted by molar-refractivity contribution is -0.285. The van der Waals surface area contributed by atoms with Crippen molar-refractivity contribution >= 4 is 11.8 Å². The molecule has 3 aliphatic carbocycles. The van der Waals surface area contributed by atoms with Crippen LogP contribution in [-0.4, -0.2) is 95.8 Å². The van der Waals surface area contributed by atoms with Crippen molar-refractivity contribution in [3.8, 4) is 0 Å². The molecule has 0 amide bonds. The van der Waals surface area contributed by atoms with E-state index in [0.717, 1.165) is 6.92 Å². The molecule has 0 spiro atoms. The van der Waals surface area contributed by atoms with E-state index in [1.807, 2.05) is 0 Å². The maximum atomic E-state index is 13.0. The van der Waals surface area contributed by atoms with Crippen molar-refractivity contribution in [2.45, 2.75) is 74.5 Å². The van der Waals surface area contributed by atoms with Crippen LogP contribution in [0.2, 0.25) is 0 Å². The predicted octanol–water partition coefficient (Wildman–Crippen LogP) is -2.04. The summed E-state index contributed by atoms with van der Waals surface area (Å²) in [5.74, 6) is -5.64. The molecular weight excluding hydrogens is 424 g/mol. The third-order valence-corrected chi connectivity index (χ3v) is 8.25. The van der Waals surface area contributed by atoms with Gasteiger partial charge in [0, 0.05) is 24.7 Å². The number of epoxide rings is 1. The molecule has 0 radical (unpaired) electrons. The Labute approximate surface area is 184 Å². The minimum absolute atomic E-state index is 0.0506. The van der Waals surface area contributed by atoms with Gasteiger partial charge in [0.1, 0.15) is 29.5 Å². The quantitative estimate of drug-likeness (QED) is 0.158. The van der Waals surface area contributed by atoms with Crippen LogP contribution >= 0.6 is 0 Å². The number of ketones is 1. The summed E-state index contributed by atoms with van der Waals surface area (Å²) in [7, 11) is 0. The Balaban J connectivity index is 2.00. The predicted molar refractivity (Wildman–Crippen MR) is 107 cm³/mol. The fourth-order valence-electron chi connectivity index (χ4n) is 6.46.